The second-order valence-electron chi connectivity index (χ2n) is 4.52. The summed E-state index contributed by atoms with van der Waals surface area (Å²) in [6.07, 6.45) is 4.42. The Labute approximate surface area is 102 Å². The Morgan fingerprint density at radius 3 is 2.71 bits per heavy atom. The predicted octanol–water partition coefficient (Wildman–Crippen LogP) is 3.13. The van der Waals surface area contributed by atoms with Crippen molar-refractivity contribution < 1.29 is 4.74 Å². The number of benzene rings is 1. The van der Waals surface area contributed by atoms with Crippen molar-refractivity contribution in [3.63, 3.8) is 0 Å². The monoisotopic (exact) mass is 230 g/mol. The molecule has 0 radical (unpaired) electrons. The fourth-order valence-electron chi connectivity index (χ4n) is 1.84. The van der Waals surface area contributed by atoms with E-state index in [4.69, 9.17) is 4.74 Å². The van der Waals surface area contributed by atoms with Gasteiger partial charge in [-0.1, -0.05) is 19.9 Å². The van der Waals surface area contributed by atoms with E-state index in [1.54, 1.807) is 13.4 Å². The molecule has 1 N–H and O–H groups in total. The summed E-state index contributed by atoms with van der Waals surface area (Å²) in [6, 6.07) is 6.40. The summed E-state index contributed by atoms with van der Waals surface area (Å²) in [4.78, 5) is 7.15. The third kappa shape index (κ3) is 2.87. The zero-order chi connectivity index (χ0) is 12.3. The first kappa shape index (κ1) is 11.7. The van der Waals surface area contributed by atoms with Gasteiger partial charge in [0.25, 0.3) is 0 Å². The van der Waals surface area contributed by atoms with Crippen LogP contribution in [0.25, 0.3) is 0 Å². The molecule has 0 saturated heterocycles. The molecule has 0 saturated carbocycles. The van der Waals surface area contributed by atoms with Gasteiger partial charge in [-0.05, 0) is 29.2 Å². The minimum absolute atomic E-state index is 0.505. The Kier molecular flexibility index (Phi) is 3.47. The van der Waals surface area contributed by atoms with Crippen LogP contribution in [0, 0.1) is 0 Å². The SMILES string of the molecule is COc1cc(Cc2cnc[nH]2)cc(C(C)C)c1. The maximum absolute atomic E-state index is 5.34. The summed E-state index contributed by atoms with van der Waals surface area (Å²) >= 11 is 0. The summed E-state index contributed by atoms with van der Waals surface area (Å²) in [5, 5.41) is 0. The van der Waals surface area contributed by atoms with Crippen LogP contribution in [0.2, 0.25) is 0 Å². The van der Waals surface area contributed by atoms with Gasteiger partial charge in [-0.15, -0.1) is 0 Å². The Hall–Kier alpha value is -1.77. The van der Waals surface area contributed by atoms with Gasteiger partial charge in [0, 0.05) is 18.3 Å². The lowest BCUT2D eigenvalue weighted by Gasteiger charge is -2.11. The van der Waals surface area contributed by atoms with Crippen molar-refractivity contribution in [1.82, 2.24) is 9.97 Å². The number of nitrogens with zero attached hydrogens (tertiary/aromatic N) is 1. The Morgan fingerprint density at radius 1 is 1.29 bits per heavy atom. The van der Waals surface area contributed by atoms with E-state index >= 15 is 0 Å². The maximum Gasteiger partial charge on any atom is 0.119 e. The number of aromatic amines is 1. The molecule has 0 aliphatic rings. The molecule has 90 valence electrons. The third-order valence-electron chi connectivity index (χ3n) is 2.84. The average Bonchev–Trinajstić information content (AvgIpc) is 2.81. The van der Waals surface area contributed by atoms with Crippen LogP contribution in [0.4, 0.5) is 0 Å². The molecule has 0 bridgehead atoms. The molecule has 2 aromatic rings. The molecule has 1 aromatic heterocycles. The molecule has 0 aliphatic heterocycles. The Balaban J connectivity index is 2.29. The van der Waals surface area contributed by atoms with E-state index in [-0.39, 0.29) is 0 Å². The summed E-state index contributed by atoms with van der Waals surface area (Å²) < 4.78 is 5.34. The van der Waals surface area contributed by atoms with Crippen LogP contribution in [-0.2, 0) is 6.42 Å². The molecule has 2 rings (SSSR count). The standard InChI is InChI=1S/C14H18N2O/c1-10(2)12-4-11(6-14(7-12)17-3)5-13-8-15-9-16-13/h4,6-10H,5H2,1-3H3,(H,15,16). The lowest BCUT2D eigenvalue weighted by molar-refractivity contribution is 0.413. The van der Waals surface area contributed by atoms with Gasteiger partial charge in [0.1, 0.15) is 5.75 Å². The molecule has 0 spiro atoms. The fraction of sp³-hybridized carbons (Fsp3) is 0.357. The average molecular weight is 230 g/mol. The molecule has 0 atom stereocenters. The molecule has 1 aromatic carbocycles. The van der Waals surface area contributed by atoms with Crippen molar-refractivity contribution in [2.45, 2.75) is 26.2 Å². The van der Waals surface area contributed by atoms with Gasteiger partial charge < -0.3 is 9.72 Å². The number of ether oxygens (including phenoxy) is 1. The van der Waals surface area contributed by atoms with Gasteiger partial charge in [0.2, 0.25) is 0 Å². The molecule has 3 nitrogen and oxygen atoms in total. The zero-order valence-corrected chi connectivity index (χ0v) is 10.5. The van der Waals surface area contributed by atoms with Gasteiger partial charge in [0.15, 0.2) is 0 Å². The molecule has 0 aliphatic carbocycles. The van der Waals surface area contributed by atoms with Gasteiger partial charge in [-0.2, -0.15) is 0 Å². The Bertz CT molecular complexity index is 475. The number of imidazole rings is 1. The zero-order valence-electron chi connectivity index (χ0n) is 10.5. The summed E-state index contributed by atoms with van der Waals surface area (Å²) in [6.45, 7) is 4.38. The highest BCUT2D eigenvalue weighted by Crippen LogP contribution is 2.24. The van der Waals surface area contributed by atoms with Crippen LogP contribution < -0.4 is 4.74 Å². The first-order valence-electron chi connectivity index (χ1n) is 5.84. The van der Waals surface area contributed by atoms with E-state index in [2.05, 4.69) is 42.0 Å². The van der Waals surface area contributed by atoms with Gasteiger partial charge in [-0.25, -0.2) is 4.98 Å². The van der Waals surface area contributed by atoms with Gasteiger partial charge in [0.05, 0.1) is 13.4 Å². The van der Waals surface area contributed by atoms with Crippen LogP contribution in [0.5, 0.6) is 5.75 Å². The number of hydrogen-bond acceptors (Lipinski definition) is 2. The normalized spacial score (nSPS) is 10.8. The number of H-pyrrole nitrogens is 1. The Morgan fingerprint density at radius 2 is 2.12 bits per heavy atom. The number of nitrogens with one attached hydrogen (secondary N) is 1. The molecule has 17 heavy (non-hydrogen) atoms. The maximum atomic E-state index is 5.34. The number of rotatable bonds is 4. The van der Waals surface area contributed by atoms with Crippen molar-refractivity contribution in [3.8, 4) is 5.75 Å². The highest BCUT2D eigenvalue weighted by atomic mass is 16.5. The third-order valence-corrected chi connectivity index (χ3v) is 2.84. The first-order chi connectivity index (χ1) is 8.19. The lowest BCUT2D eigenvalue weighted by atomic mass is 9.98. The second-order valence-corrected chi connectivity index (χ2v) is 4.52. The molecule has 0 fully saturated rings. The predicted molar refractivity (Wildman–Crippen MR) is 68.5 cm³/mol. The van der Waals surface area contributed by atoms with Crippen molar-refractivity contribution in [2.75, 3.05) is 7.11 Å². The smallest absolute Gasteiger partial charge is 0.119 e. The molecule has 3 heteroatoms. The van der Waals surface area contributed by atoms with Crippen LogP contribution in [0.15, 0.2) is 30.7 Å². The van der Waals surface area contributed by atoms with Crippen LogP contribution in [0.1, 0.15) is 36.6 Å². The molecule has 0 amide bonds. The number of aromatic nitrogens is 2. The number of hydrogen-bond donors (Lipinski definition) is 1. The first-order valence-corrected chi connectivity index (χ1v) is 5.84. The summed E-state index contributed by atoms with van der Waals surface area (Å²) in [5.41, 5.74) is 3.67. The van der Waals surface area contributed by atoms with E-state index in [0.29, 0.717) is 5.92 Å². The lowest BCUT2D eigenvalue weighted by Crippen LogP contribution is -1.95. The largest absolute Gasteiger partial charge is 0.497 e. The van der Waals surface area contributed by atoms with Crippen molar-refractivity contribution in [1.29, 1.82) is 0 Å². The van der Waals surface area contributed by atoms with Crippen molar-refractivity contribution in [3.05, 3.63) is 47.5 Å². The van der Waals surface area contributed by atoms with Gasteiger partial charge >= 0.3 is 0 Å². The van der Waals surface area contributed by atoms with Gasteiger partial charge in [-0.3, -0.25) is 0 Å². The van der Waals surface area contributed by atoms with Crippen LogP contribution in [-0.4, -0.2) is 17.1 Å². The highest BCUT2D eigenvalue weighted by Gasteiger charge is 2.06. The quantitative estimate of drug-likeness (QED) is 0.876. The molecular weight excluding hydrogens is 212 g/mol. The molecule has 1 heterocycles. The fourth-order valence-corrected chi connectivity index (χ4v) is 1.84. The summed E-state index contributed by atoms with van der Waals surface area (Å²) in [5.74, 6) is 1.43. The molecular formula is C14H18N2O. The second kappa shape index (κ2) is 5.04. The van der Waals surface area contributed by atoms with E-state index in [0.717, 1.165) is 17.9 Å². The number of methoxy groups -OCH3 is 1. The topological polar surface area (TPSA) is 37.9 Å². The highest BCUT2D eigenvalue weighted by molar-refractivity contribution is 5.37. The minimum atomic E-state index is 0.505. The van der Waals surface area contributed by atoms with Crippen molar-refractivity contribution >= 4 is 0 Å². The molecule has 0 unspecified atom stereocenters. The van der Waals surface area contributed by atoms with Crippen LogP contribution in [0.3, 0.4) is 0 Å². The van der Waals surface area contributed by atoms with Crippen LogP contribution >= 0.6 is 0 Å². The minimum Gasteiger partial charge on any atom is -0.497 e. The van der Waals surface area contributed by atoms with E-state index in [9.17, 15) is 0 Å². The van der Waals surface area contributed by atoms with E-state index in [1.807, 2.05) is 6.20 Å². The van der Waals surface area contributed by atoms with E-state index in [1.165, 1.54) is 11.1 Å². The van der Waals surface area contributed by atoms with E-state index < -0.39 is 0 Å². The van der Waals surface area contributed by atoms with Crippen molar-refractivity contribution in [2.24, 2.45) is 0 Å². The summed E-state index contributed by atoms with van der Waals surface area (Å²) in [7, 11) is 1.71.